The van der Waals surface area contributed by atoms with Gasteiger partial charge in [-0.05, 0) is 30.5 Å². The van der Waals surface area contributed by atoms with Gasteiger partial charge in [-0.1, -0.05) is 96.2 Å². The van der Waals surface area contributed by atoms with Crippen LogP contribution in [0.1, 0.15) is 36.2 Å². The maximum absolute atomic E-state index is 13.4. The molecular weight excluding hydrogens is 680 g/mol. The number of oxime groups is 1. The number of carboxylic acids is 1. The average molecular weight is 708 g/mol. The molecule has 13 nitrogen and oxygen atoms in total. The number of nitrogens with one attached hydrogen (secondary N) is 2. The summed E-state index contributed by atoms with van der Waals surface area (Å²) in [6.45, 7) is 1.75. The molecule has 2 heterocycles. The van der Waals surface area contributed by atoms with Crippen LogP contribution in [-0.2, 0) is 35.1 Å². The van der Waals surface area contributed by atoms with Gasteiger partial charge in [-0.15, -0.1) is 11.3 Å². The van der Waals surface area contributed by atoms with Crippen molar-refractivity contribution in [2.45, 2.75) is 31.0 Å². The zero-order valence-corrected chi connectivity index (χ0v) is 32.1. The Morgan fingerprint density at radius 1 is 0.938 bits per heavy atom. The second-order valence-corrected chi connectivity index (χ2v) is 12.8. The number of carboxylic acid groups (broad SMARTS) is 1. The smallest absolute Gasteiger partial charge is 0.731 e. The van der Waals surface area contributed by atoms with Gasteiger partial charge in [0.1, 0.15) is 17.3 Å². The molecule has 238 valence electrons. The molecule has 1 fully saturated rings. The molecule has 0 radical (unpaired) electrons. The zero-order chi connectivity index (χ0) is 33.1. The van der Waals surface area contributed by atoms with E-state index in [2.05, 4.69) is 20.8 Å². The first-order chi connectivity index (χ1) is 21.8. The van der Waals surface area contributed by atoms with Gasteiger partial charge in [0.2, 0.25) is 0 Å². The molecule has 1 saturated heterocycles. The Bertz CT molecular complexity index is 1800. The molecule has 48 heavy (non-hydrogen) atoms. The van der Waals surface area contributed by atoms with Crippen molar-refractivity contribution >= 4 is 50.3 Å². The first-order valence-corrected chi connectivity index (χ1v) is 16.0. The van der Waals surface area contributed by atoms with Crippen molar-refractivity contribution < 1.29 is 96.4 Å². The van der Waals surface area contributed by atoms with E-state index in [1.54, 1.807) is 0 Å². The van der Waals surface area contributed by atoms with Crippen LogP contribution >= 0.6 is 11.3 Å². The molecule has 0 aliphatic carbocycles. The largest absolute Gasteiger partial charge is 1.00 e. The molecule has 2 amide bonds. The minimum absolute atomic E-state index is 0. The summed E-state index contributed by atoms with van der Waals surface area (Å²) in [6.07, 6.45) is 0. The summed E-state index contributed by atoms with van der Waals surface area (Å²) in [5.74, 6) is -3.76. The number of anilines is 1. The second kappa shape index (κ2) is 16.1. The van der Waals surface area contributed by atoms with E-state index in [9.17, 15) is 32.5 Å². The summed E-state index contributed by atoms with van der Waals surface area (Å²) in [5, 5.41) is 23.0. The van der Waals surface area contributed by atoms with Gasteiger partial charge in [0, 0.05) is 5.38 Å². The van der Waals surface area contributed by atoms with Gasteiger partial charge in [-0.2, -0.15) is 0 Å². The fourth-order valence-corrected chi connectivity index (χ4v) is 6.14. The molecule has 0 saturated carbocycles. The number of aliphatic carboxylic acids is 1. The van der Waals surface area contributed by atoms with Gasteiger partial charge in [-0.25, -0.2) is 17.7 Å². The zero-order valence-electron chi connectivity index (χ0n) is 26.4. The fourth-order valence-electron chi connectivity index (χ4n) is 4.71. The topological polar surface area (TPSA) is 193 Å². The van der Waals surface area contributed by atoms with Crippen LogP contribution in [0.5, 0.6) is 0 Å². The van der Waals surface area contributed by atoms with Crippen molar-refractivity contribution in [2.75, 3.05) is 11.9 Å². The van der Waals surface area contributed by atoms with Crippen LogP contribution in [0.15, 0.2) is 102 Å². The Balaban J connectivity index is 0.00000312. The number of rotatable bonds is 12. The third-order valence-corrected chi connectivity index (χ3v) is 8.83. The van der Waals surface area contributed by atoms with E-state index < -0.39 is 57.5 Å². The van der Waals surface area contributed by atoms with Crippen LogP contribution in [0.4, 0.5) is 5.13 Å². The van der Waals surface area contributed by atoms with E-state index in [4.69, 9.17) is 4.84 Å². The van der Waals surface area contributed by atoms with Gasteiger partial charge in [-0.3, -0.25) is 9.59 Å². The van der Waals surface area contributed by atoms with Crippen molar-refractivity contribution in [3.05, 3.63) is 119 Å². The molecule has 5 rings (SSSR count). The Kier molecular flexibility index (Phi) is 13.2. The van der Waals surface area contributed by atoms with E-state index in [1.807, 2.05) is 91.0 Å². The number of aromatic nitrogens is 1. The molecule has 4 aromatic rings. The van der Waals surface area contributed by atoms with Crippen LogP contribution in [0.3, 0.4) is 0 Å². The number of carbonyl (C=O) groups excluding carboxylic acids is 3. The Hall–Kier alpha value is -3.12. The van der Waals surface area contributed by atoms with Crippen molar-refractivity contribution in [2.24, 2.45) is 5.16 Å². The van der Waals surface area contributed by atoms with Gasteiger partial charge in [0.25, 0.3) is 11.8 Å². The molecule has 0 bridgehead atoms. The number of hydrogen-bond donors (Lipinski definition) is 2. The number of hydrogen-bond acceptors (Lipinski definition) is 12. The molecule has 0 spiro atoms. The predicted molar refractivity (Wildman–Crippen MR) is 165 cm³/mol. The van der Waals surface area contributed by atoms with Gasteiger partial charge in [0.15, 0.2) is 26.7 Å². The van der Waals surface area contributed by atoms with Crippen molar-refractivity contribution in [1.82, 2.24) is 14.6 Å². The van der Waals surface area contributed by atoms with E-state index in [-0.39, 0.29) is 69.1 Å². The molecule has 1 aliphatic heterocycles. The number of thiazole rings is 1. The molecule has 1 unspecified atom stereocenters. The van der Waals surface area contributed by atoms with Crippen LogP contribution in [0.25, 0.3) is 0 Å². The van der Waals surface area contributed by atoms with Crippen LogP contribution in [-0.4, -0.2) is 63.9 Å². The van der Waals surface area contributed by atoms with E-state index in [0.717, 1.165) is 41.9 Å². The third-order valence-electron chi connectivity index (χ3n) is 7.20. The molecule has 17 heteroatoms. The van der Waals surface area contributed by atoms with Crippen LogP contribution < -0.4 is 74.9 Å². The minimum atomic E-state index is -5.04. The fraction of sp³-hybridized carbons (Fsp3) is 0.194. The first-order valence-electron chi connectivity index (χ1n) is 13.8. The molecule has 1 atom stereocenters. The molecule has 2 N–H and O–H groups in total. The summed E-state index contributed by atoms with van der Waals surface area (Å²) in [4.78, 5) is 46.9. The summed E-state index contributed by atoms with van der Waals surface area (Å²) in [7, 11) is -5.04. The van der Waals surface area contributed by atoms with Gasteiger partial charge < -0.3 is 29.9 Å². The van der Waals surface area contributed by atoms with Gasteiger partial charge >= 0.3 is 59.1 Å². The number of β-lactam (4-membered cyclic amide) rings is 1. The monoisotopic (exact) mass is 707 g/mol. The summed E-state index contributed by atoms with van der Waals surface area (Å²) < 4.78 is 33.8. The maximum Gasteiger partial charge on any atom is 1.00 e. The molecular formula is C31H27N5Na2O8S2. The van der Waals surface area contributed by atoms with Crippen molar-refractivity contribution in [3.8, 4) is 0 Å². The summed E-state index contributed by atoms with van der Waals surface area (Å²) in [6, 6.07) is 27.7. The predicted octanol–water partition coefficient (Wildman–Crippen LogP) is -4.41. The minimum Gasteiger partial charge on any atom is -0.731 e. The van der Waals surface area contributed by atoms with Crippen molar-refractivity contribution in [3.63, 3.8) is 0 Å². The Labute approximate surface area is 325 Å². The first kappa shape index (κ1) is 39.3. The number of nitrogens with zero attached hydrogens (tertiary/aromatic N) is 3. The quantitative estimate of drug-likeness (QED) is 0.0363. The number of amides is 2. The average Bonchev–Trinajstić information content (AvgIpc) is 3.50. The van der Waals surface area contributed by atoms with Crippen LogP contribution in [0, 0.1) is 0 Å². The van der Waals surface area contributed by atoms with E-state index >= 15 is 0 Å². The van der Waals surface area contributed by atoms with Crippen LogP contribution in [0.2, 0.25) is 0 Å². The molecule has 3 aromatic carbocycles. The standard InChI is InChI=1S/C31H29N5O8S2.2Na/c1-30(2,28(39)40)44-35-25(26(37)32-23-18-36(27(23)38)46(41,42)43)24-19-45-29(33-24)34-31(20-12-6-3-7-13-20,21-14-8-4-9-15-21)22-16-10-5-11-17-22;;/h3-17,19,23H,18H2,1-2H3,(H,32,37)(H,33,34)(H,39,40)(H,41,42,43);;/q;2*+1/p-2. The number of carbonyl (C=O) groups is 3. The Morgan fingerprint density at radius 2 is 1.42 bits per heavy atom. The SMILES string of the molecule is CC(C)(ON=C(C(=O)NC1CN(S(=O)(=O)[O-])C1=O)c1csc(NC(c2ccccc2)(c2ccccc2)c2ccccc2)n1)C(=O)[O-].[Na+].[Na+]. The normalized spacial score (nSPS) is 14.9. The van der Waals surface area contributed by atoms with Gasteiger partial charge in [0.05, 0.1) is 12.5 Å². The Morgan fingerprint density at radius 3 is 1.83 bits per heavy atom. The summed E-state index contributed by atoms with van der Waals surface area (Å²) >= 11 is 1.13. The third kappa shape index (κ3) is 8.35. The van der Waals surface area contributed by atoms with Crippen molar-refractivity contribution in [1.29, 1.82) is 0 Å². The maximum atomic E-state index is 13.4. The number of benzene rings is 3. The van der Waals surface area contributed by atoms with E-state index in [1.165, 1.54) is 5.38 Å². The molecule has 1 aliphatic rings. The van der Waals surface area contributed by atoms with E-state index in [0.29, 0.717) is 5.13 Å². The second-order valence-electron chi connectivity index (χ2n) is 10.7. The summed E-state index contributed by atoms with van der Waals surface area (Å²) in [5.41, 5.74) is -0.797. The molecule has 1 aromatic heterocycles.